The Bertz CT molecular complexity index is 591. The molecule has 0 unspecified atom stereocenters. The van der Waals surface area contributed by atoms with Crippen LogP contribution in [0.25, 0.3) is 0 Å². The van der Waals surface area contributed by atoms with E-state index in [-0.39, 0.29) is 12.0 Å². The maximum Gasteiger partial charge on any atom is 0.227 e. The van der Waals surface area contributed by atoms with Gasteiger partial charge in [-0.1, -0.05) is 6.07 Å². The number of ether oxygens (including phenoxy) is 1. The van der Waals surface area contributed by atoms with Gasteiger partial charge >= 0.3 is 0 Å². The lowest BCUT2D eigenvalue weighted by Gasteiger charge is -2.16. The summed E-state index contributed by atoms with van der Waals surface area (Å²) in [5.74, 6) is 0.661. The van der Waals surface area contributed by atoms with Gasteiger partial charge < -0.3 is 9.64 Å². The van der Waals surface area contributed by atoms with E-state index in [9.17, 15) is 4.79 Å². The van der Waals surface area contributed by atoms with Crippen LogP contribution in [0.1, 0.15) is 12.0 Å². The third-order valence-electron chi connectivity index (χ3n) is 3.42. The zero-order valence-corrected chi connectivity index (χ0v) is 11.6. The highest BCUT2D eigenvalue weighted by molar-refractivity contribution is 5.79. The van der Waals surface area contributed by atoms with Crippen molar-refractivity contribution in [1.82, 2.24) is 19.9 Å². The third kappa shape index (κ3) is 3.53. The Kier molecular flexibility index (Phi) is 4.04. The summed E-state index contributed by atoms with van der Waals surface area (Å²) in [7, 11) is 0. The number of carbonyl (C=O) groups excluding carboxylic acids is 1. The normalized spacial score (nSPS) is 17.7. The quantitative estimate of drug-likeness (QED) is 0.841. The minimum atomic E-state index is -0.00208. The zero-order chi connectivity index (χ0) is 14.5. The van der Waals surface area contributed by atoms with E-state index in [1.807, 2.05) is 17.0 Å². The molecular weight excluding hydrogens is 268 g/mol. The molecule has 2 aromatic rings. The molecule has 1 saturated heterocycles. The molecular formula is C15H16N4O2. The highest BCUT2D eigenvalue weighted by Crippen LogP contribution is 2.16. The number of amides is 1. The number of hydrogen-bond donors (Lipinski definition) is 0. The standard InChI is InChI=1S/C15H16N4O2/c20-15(8-12-2-1-5-16-9-12)19-7-4-13(10-19)21-14-3-6-17-11-18-14/h1-3,5-6,9,11,13H,4,7-8,10H2/t13-/m1/s1. The first kappa shape index (κ1) is 13.5. The fourth-order valence-corrected chi connectivity index (χ4v) is 2.36. The van der Waals surface area contributed by atoms with Gasteiger partial charge in [-0.2, -0.15) is 0 Å². The second-order valence-corrected chi connectivity index (χ2v) is 4.95. The van der Waals surface area contributed by atoms with Crippen LogP contribution in [0.5, 0.6) is 5.88 Å². The lowest BCUT2D eigenvalue weighted by atomic mass is 10.2. The monoisotopic (exact) mass is 284 g/mol. The number of pyridine rings is 1. The molecule has 1 atom stereocenters. The van der Waals surface area contributed by atoms with Gasteiger partial charge in [0, 0.05) is 37.6 Å². The van der Waals surface area contributed by atoms with Crippen molar-refractivity contribution in [1.29, 1.82) is 0 Å². The van der Waals surface area contributed by atoms with Crippen molar-refractivity contribution in [2.24, 2.45) is 0 Å². The summed E-state index contributed by atoms with van der Waals surface area (Å²) >= 11 is 0. The molecule has 1 fully saturated rings. The Balaban J connectivity index is 1.53. The van der Waals surface area contributed by atoms with Crippen LogP contribution >= 0.6 is 0 Å². The average molecular weight is 284 g/mol. The second kappa shape index (κ2) is 6.30. The molecule has 6 nitrogen and oxygen atoms in total. The van der Waals surface area contributed by atoms with E-state index in [0.717, 1.165) is 18.5 Å². The van der Waals surface area contributed by atoms with Crippen molar-refractivity contribution in [3.63, 3.8) is 0 Å². The maximum atomic E-state index is 12.2. The van der Waals surface area contributed by atoms with E-state index >= 15 is 0 Å². The summed E-state index contributed by atoms with van der Waals surface area (Å²) in [5, 5.41) is 0. The number of hydrogen-bond acceptors (Lipinski definition) is 5. The van der Waals surface area contributed by atoms with Gasteiger partial charge in [-0.3, -0.25) is 9.78 Å². The molecule has 0 spiro atoms. The molecule has 0 aliphatic carbocycles. The summed E-state index contributed by atoms with van der Waals surface area (Å²) in [6.45, 7) is 1.32. The minimum absolute atomic E-state index is 0.00208. The Morgan fingerprint density at radius 1 is 1.33 bits per heavy atom. The van der Waals surface area contributed by atoms with Crippen LogP contribution in [0.3, 0.4) is 0 Å². The van der Waals surface area contributed by atoms with Gasteiger partial charge in [-0.25, -0.2) is 9.97 Å². The van der Waals surface area contributed by atoms with E-state index in [4.69, 9.17) is 4.74 Å². The third-order valence-corrected chi connectivity index (χ3v) is 3.42. The predicted octanol–water partition coefficient (Wildman–Crippen LogP) is 1.09. The fourth-order valence-electron chi connectivity index (χ4n) is 2.36. The van der Waals surface area contributed by atoms with Crippen LogP contribution in [-0.4, -0.2) is 45.0 Å². The molecule has 0 bridgehead atoms. The molecule has 2 aromatic heterocycles. The van der Waals surface area contributed by atoms with Crippen LogP contribution in [0.15, 0.2) is 43.1 Å². The zero-order valence-electron chi connectivity index (χ0n) is 11.6. The summed E-state index contributed by atoms with van der Waals surface area (Å²) in [6.07, 6.45) is 7.73. The van der Waals surface area contributed by atoms with E-state index in [1.54, 1.807) is 24.7 Å². The van der Waals surface area contributed by atoms with Crippen LogP contribution in [0.2, 0.25) is 0 Å². The fraction of sp³-hybridized carbons (Fsp3) is 0.333. The molecule has 1 amide bonds. The molecule has 0 N–H and O–H groups in total. The first-order valence-electron chi connectivity index (χ1n) is 6.90. The van der Waals surface area contributed by atoms with Gasteiger partial charge in [0.2, 0.25) is 11.8 Å². The summed E-state index contributed by atoms with van der Waals surface area (Å²) < 4.78 is 5.75. The molecule has 21 heavy (non-hydrogen) atoms. The van der Waals surface area contributed by atoms with Gasteiger partial charge in [-0.15, -0.1) is 0 Å². The van der Waals surface area contributed by atoms with Crippen molar-refractivity contribution in [2.75, 3.05) is 13.1 Å². The lowest BCUT2D eigenvalue weighted by Crippen LogP contribution is -2.32. The largest absolute Gasteiger partial charge is 0.472 e. The van der Waals surface area contributed by atoms with Gasteiger partial charge in [0.25, 0.3) is 0 Å². The van der Waals surface area contributed by atoms with E-state index in [1.165, 1.54) is 6.33 Å². The van der Waals surface area contributed by atoms with Crippen LogP contribution < -0.4 is 4.74 Å². The Morgan fingerprint density at radius 2 is 2.29 bits per heavy atom. The van der Waals surface area contributed by atoms with Gasteiger partial charge in [-0.05, 0) is 11.6 Å². The molecule has 0 aromatic carbocycles. The predicted molar refractivity (Wildman–Crippen MR) is 75.6 cm³/mol. The highest BCUT2D eigenvalue weighted by atomic mass is 16.5. The number of rotatable bonds is 4. The lowest BCUT2D eigenvalue weighted by molar-refractivity contribution is -0.129. The Hall–Kier alpha value is -2.50. The number of likely N-dealkylation sites (tertiary alicyclic amines) is 1. The van der Waals surface area contributed by atoms with Crippen molar-refractivity contribution in [2.45, 2.75) is 18.9 Å². The molecule has 6 heteroatoms. The van der Waals surface area contributed by atoms with Crippen molar-refractivity contribution < 1.29 is 9.53 Å². The van der Waals surface area contributed by atoms with E-state index in [2.05, 4.69) is 15.0 Å². The van der Waals surface area contributed by atoms with Gasteiger partial charge in [0.15, 0.2) is 0 Å². The van der Waals surface area contributed by atoms with Crippen LogP contribution in [0, 0.1) is 0 Å². The smallest absolute Gasteiger partial charge is 0.227 e. The average Bonchev–Trinajstić information content (AvgIpc) is 2.98. The minimum Gasteiger partial charge on any atom is -0.472 e. The van der Waals surface area contributed by atoms with Gasteiger partial charge in [0.1, 0.15) is 12.4 Å². The molecule has 3 heterocycles. The van der Waals surface area contributed by atoms with Crippen molar-refractivity contribution in [3.05, 3.63) is 48.7 Å². The number of aromatic nitrogens is 3. The summed E-state index contributed by atoms with van der Waals surface area (Å²) in [4.78, 5) is 26.0. The molecule has 0 radical (unpaired) electrons. The number of nitrogens with zero attached hydrogens (tertiary/aromatic N) is 4. The number of carbonyl (C=O) groups is 1. The summed E-state index contributed by atoms with van der Waals surface area (Å²) in [5.41, 5.74) is 0.933. The van der Waals surface area contributed by atoms with Gasteiger partial charge in [0.05, 0.1) is 13.0 Å². The first-order chi connectivity index (χ1) is 10.3. The SMILES string of the molecule is O=C(Cc1cccnc1)N1CC[C@@H](Oc2ccncn2)C1. The summed E-state index contributed by atoms with van der Waals surface area (Å²) in [6, 6.07) is 5.48. The Labute approximate surface area is 122 Å². The van der Waals surface area contributed by atoms with E-state index < -0.39 is 0 Å². The second-order valence-electron chi connectivity index (χ2n) is 4.95. The first-order valence-corrected chi connectivity index (χ1v) is 6.90. The topological polar surface area (TPSA) is 68.2 Å². The van der Waals surface area contributed by atoms with Crippen molar-refractivity contribution >= 4 is 5.91 Å². The highest BCUT2D eigenvalue weighted by Gasteiger charge is 2.27. The Morgan fingerprint density at radius 3 is 3.05 bits per heavy atom. The van der Waals surface area contributed by atoms with Crippen LogP contribution in [0.4, 0.5) is 0 Å². The van der Waals surface area contributed by atoms with Crippen LogP contribution in [-0.2, 0) is 11.2 Å². The maximum absolute atomic E-state index is 12.2. The molecule has 1 aliphatic rings. The van der Waals surface area contributed by atoms with E-state index in [0.29, 0.717) is 18.8 Å². The molecule has 108 valence electrons. The molecule has 0 saturated carbocycles. The molecule has 1 aliphatic heterocycles. The van der Waals surface area contributed by atoms with Crippen molar-refractivity contribution in [3.8, 4) is 5.88 Å². The molecule has 3 rings (SSSR count).